The van der Waals surface area contributed by atoms with Gasteiger partial charge in [0.15, 0.2) is 0 Å². The van der Waals surface area contributed by atoms with Gasteiger partial charge in [0.1, 0.15) is 5.15 Å². The van der Waals surface area contributed by atoms with Crippen molar-refractivity contribution in [2.45, 2.75) is 19.3 Å². The first kappa shape index (κ1) is 15.3. The average molecular weight is 394 g/mol. The van der Waals surface area contributed by atoms with Gasteiger partial charge in [0, 0.05) is 19.3 Å². The lowest BCUT2D eigenvalue weighted by Crippen LogP contribution is -2.37. The highest BCUT2D eigenvalue weighted by atomic mass is 127. The molecule has 1 atom stereocenters. The van der Waals surface area contributed by atoms with Gasteiger partial charge in [-0.2, -0.15) is 0 Å². The lowest BCUT2D eigenvalue weighted by atomic mass is 9.94. The van der Waals surface area contributed by atoms with Crippen LogP contribution < -0.4 is 4.90 Å². The monoisotopic (exact) mass is 393 g/mol. The largest absolute Gasteiger partial charge is 0.370 e. The summed E-state index contributed by atoms with van der Waals surface area (Å²) in [5, 5.41) is 0.589. The third-order valence-electron chi connectivity index (χ3n) is 3.65. The van der Waals surface area contributed by atoms with Crippen molar-refractivity contribution in [1.29, 1.82) is 0 Å². The fraction of sp³-hybridized carbons (Fsp3) is 0.643. The number of halogens is 2. The normalized spacial score (nSPS) is 20.1. The second-order valence-corrected chi connectivity index (χ2v) is 7.05. The van der Waals surface area contributed by atoms with Crippen LogP contribution in [0.15, 0.2) is 12.3 Å². The van der Waals surface area contributed by atoms with Gasteiger partial charge in [-0.05, 0) is 74.5 Å². The fourth-order valence-corrected chi connectivity index (χ4v) is 3.39. The van der Waals surface area contributed by atoms with E-state index in [1.165, 1.54) is 35.1 Å². The van der Waals surface area contributed by atoms with Gasteiger partial charge in [-0.15, -0.1) is 0 Å². The van der Waals surface area contributed by atoms with Crippen molar-refractivity contribution < 1.29 is 0 Å². The fourth-order valence-electron chi connectivity index (χ4n) is 2.61. The van der Waals surface area contributed by atoms with E-state index in [0.29, 0.717) is 5.15 Å². The Morgan fingerprint density at radius 1 is 1.53 bits per heavy atom. The van der Waals surface area contributed by atoms with Gasteiger partial charge < -0.3 is 9.80 Å². The molecule has 1 aliphatic heterocycles. The average Bonchev–Trinajstić information content (AvgIpc) is 2.39. The summed E-state index contributed by atoms with van der Waals surface area (Å²) in [4.78, 5) is 8.88. The van der Waals surface area contributed by atoms with E-state index in [4.69, 9.17) is 11.6 Å². The Balaban J connectivity index is 2.02. The Kier molecular flexibility index (Phi) is 5.71. The number of piperidine rings is 1. The summed E-state index contributed by atoms with van der Waals surface area (Å²) in [6.07, 6.45) is 5.76. The van der Waals surface area contributed by atoms with Gasteiger partial charge in [-0.25, -0.2) is 4.98 Å². The molecule has 1 fully saturated rings. The second-order valence-electron chi connectivity index (χ2n) is 5.50. The predicted octanol–water partition coefficient (Wildman–Crippen LogP) is 3.51. The summed E-state index contributed by atoms with van der Waals surface area (Å²) >= 11 is 8.37. The Labute approximate surface area is 134 Å². The topological polar surface area (TPSA) is 19.4 Å². The zero-order valence-corrected chi connectivity index (χ0v) is 14.5. The molecule has 1 unspecified atom stereocenters. The van der Waals surface area contributed by atoms with Crippen LogP contribution in [0, 0.1) is 9.49 Å². The van der Waals surface area contributed by atoms with Crippen LogP contribution in [0.2, 0.25) is 5.15 Å². The van der Waals surface area contributed by atoms with Crippen molar-refractivity contribution in [1.82, 2.24) is 9.88 Å². The zero-order chi connectivity index (χ0) is 13.8. The van der Waals surface area contributed by atoms with Gasteiger partial charge in [0.25, 0.3) is 0 Å². The quantitative estimate of drug-likeness (QED) is 0.576. The molecular weight excluding hydrogens is 373 g/mol. The molecule has 0 radical (unpaired) electrons. The van der Waals surface area contributed by atoms with Crippen molar-refractivity contribution >= 4 is 39.9 Å². The number of hydrogen-bond acceptors (Lipinski definition) is 3. The van der Waals surface area contributed by atoms with E-state index in [1.54, 1.807) is 0 Å². The molecule has 0 aliphatic carbocycles. The standard InChI is InChI=1S/C14H21ClIN3/c1-18(2)7-5-11-4-3-6-19(10-11)13-8-14(15)17-9-12(13)16/h8-9,11H,3-7,10H2,1-2H3. The van der Waals surface area contributed by atoms with Crippen LogP contribution in [0.25, 0.3) is 0 Å². The van der Waals surface area contributed by atoms with Crippen LogP contribution in [0.3, 0.4) is 0 Å². The predicted molar refractivity (Wildman–Crippen MR) is 90.1 cm³/mol. The maximum atomic E-state index is 6.03. The van der Waals surface area contributed by atoms with Crippen LogP contribution in [0.5, 0.6) is 0 Å². The van der Waals surface area contributed by atoms with Gasteiger partial charge in [-0.3, -0.25) is 0 Å². The van der Waals surface area contributed by atoms with Crippen LogP contribution in [0.1, 0.15) is 19.3 Å². The Morgan fingerprint density at radius 3 is 3.05 bits per heavy atom. The molecule has 1 aromatic rings. The summed E-state index contributed by atoms with van der Waals surface area (Å²) in [6.45, 7) is 3.45. The van der Waals surface area contributed by atoms with Crippen LogP contribution in [0.4, 0.5) is 5.69 Å². The van der Waals surface area contributed by atoms with E-state index in [-0.39, 0.29) is 0 Å². The molecule has 0 saturated carbocycles. The maximum absolute atomic E-state index is 6.03. The summed E-state index contributed by atoms with van der Waals surface area (Å²) in [5.41, 5.74) is 1.25. The lowest BCUT2D eigenvalue weighted by molar-refractivity contribution is 0.319. The number of pyridine rings is 1. The van der Waals surface area contributed by atoms with Crippen molar-refractivity contribution in [2.75, 3.05) is 38.6 Å². The molecule has 0 N–H and O–H groups in total. The minimum absolute atomic E-state index is 0.589. The van der Waals surface area contributed by atoms with E-state index in [2.05, 4.69) is 51.5 Å². The molecule has 0 aromatic carbocycles. The minimum atomic E-state index is 0.589. The minimum Gasteiger partial charge on any atom is -0.370 e. The van der Waals surface area contributed by atoms with Gasteiger partial charge in [0.2, 0.25) is 0 Å². The summed E-state index contributed by atoms with van der Waals surface area (Å²) in [7, 11) is 4.29. The molecule has 3 nitrogen and oxygen atoms in total. The van der Waals surface area contributed by atoms with Crippen LogP contribution in [-0.2, 0) is 0 Å². The maximum Gasteiger partial charge on any atom is 0.131 e. The van der Waals surface area contributed by atoms with Crippen molar-refractivity contribution in [3.05, 3.63) is 21.0 Å². The van der Waals surface area contributed by atoms with E-state index < -0.39 is 0 Å². The number of hydrogen-bond donors (Lipinski definition) is 0. The number of aromatic nitrogens is 1. The molecule has 19 heavy (non-hydrogen) atoms. The van der Waals surface area contributed by atoms with E-state index >= 15 is 0 Å². The van der Waals surface area contributed by atoms with E-state index in [0.717, 1.165) is 19.0 Å². The molecule has 5 heteroatoms. The molecule has 1 aromatic heterocycles. The number of nitrogens with zero attached hydrogens (tertiary/aromatic N) is 3. The number of rotatable bonds is 4. The van der Waals surface area contributed by atoms with Crippen molar-refractivity contribution in [3.8, 4) is 0 Å². The zero-order valence-electron chi connectivity index (χ0n) is 11.6. The van der Waals surface area contributed by atoms with Gasteiger partial charge in [0.05, 0.1) is 9.26 Å². The van der Waals surface area contributed by atoms with Crippen molar-refractivity contribution in [3.63, 3.8) is 0 Å². The van der Waals surface area contributed by atoms with Crippen LogP contribution in [-0.4, -0.2) is 43.6 Å². The molecule has 1 aliphatic rings. The van der Waals surface area contributed by atoms with Gasteiger partial charge >= 0.3 is 0 Å². The van der Waals surface area contributed by atoms with Gasteiger partial charge in [-0.1, -0.05) is 11.6 Å². The molecule has 1 saturated heterocycles. The highest BCUT2D eigenvalue weighted by Gasteiger charge is 2.21. The first-order valence-corrected chi connectivity index (χ1v) is 8.22. The summed E-state index contributed by atoms with van der Waals surface area (Å²) < 4.78 is 1.19. The third kappa shape index (κ3) is 4.46. The molecule has 2 heterocycles. The molecule has 106 valence electrons. The molecule has 0 bridgehead atoms. The summed E-state index contributed by atoms with van der Waals surface area (Å²) in [6, 6.07) is 2.00. The van der Waals surface area contributed by atoms with Crippen LogP contribution >= 0.6 is 34.2 Å². The summed E-state index contributed by atoms with van der Waals surface area (Å²) in [5.74, 6) is 0.791. The lowest BCUT2D eigenvalue weighted by Gasteiger charge is -2.35. The first-order valence-electron chi connectivity index (χ1n) is 6.77. The Morgan fingerprint density at radius 2 is 2.32 bits per heavy atom. The second kappa shape index (κ2) is 7.09. The Hall–Kier alpha value is -0.0700. The molecule has 0 amide bonds. The number of anilines is 1. The highest BCUT2D eigenvalue weighted by Crippen LogP contribution is 2.29. The smallest absolute Gasteiger partial charge is 0.131 e. The third-order valence-corrected chi connectivity index (χ3v) is 4.68. The van der Waals surface area contributed by atoms with Crippen molar-refractivity contribution in [2.24, 2.45) is 5.92 Å². The first-order chi connectivity index (χ1) is 9.06. The SMILES string of the molecule is CN(C)CCC1CCCN(c2cc(Cl)ncc2I)C1. The Bertz CT molecular complexity index is 425. The molecule has 2 rings (SSSR count). The molecular formula is C14H21ClIN3. The van der Waals surface area contributed by atoms with E-state index in [9.17, 15) is 0 Å². The van der Waals surface area contributed by atoms with E-state index in [1.807, 2.05) is 12.3 Å². The highest BCUT2D eigenvalue weighted by molar-refractivity contribution is 14.1. The molecule has 0 spiro atoms.